The summed E-state index contributed by atoms with van der Waals surface area (Å²) in [5, 5.41) is 19.6. The molecule has 0 unspecified atom stereocenters. The summed E-state index contributed by atoms with van der Waals surface area (Å²) in [5.74, 6) is -4.39. The highest BCUT2D eigenvalue weighted by Crippen LogP contribution is 2.37. The molecule has 0 saturated heterocycles. The molecular weight excluding hydrogens is 484 g/mol. The van der Waals surface area contributed by atoms with Crippen LogP contribution in [0, 0.1) is 0 Å². The summed E-state index contributed by atoms with van der Waals surface area (Å²) in [5.41, 5.74) is 12.2. The van der Waals surface area contributed by atoms with Crippen molar-refractivity contribution in [1.82, 2.24) is 0 Å². The molecule has 8 heteroatoms. The van der Waals surface area contributed by atoms with Gasteiger partial charge in [-0.1, -0.05) is 78.1 Å². The van der Waals surface area contributed by atoms with Gasteiger partial charge in [-0.2, -0.15) is 0 Å². The summed E-state index contributed by atoms with van der Waals surface area (Å²) in [7, 11) is 0. The summed E-state index contributed by atoms with van der Waals surface area (Å²) in [4.78, 5) is 50.2. The molecule has 2 aromatic rings. The molecule has 0 saturated carbocycles. The third-order valence-electron chi connectivity index (χ3n) is 7.19. The largest absolute Gasteiger partial charge is 0.478 e. The Hall–Kier alpha value is -3.42. The number of hydrogen-bond donors (Lipinski definition) is 4. The first-order valence-electron chi connectivity index (χ1n) is 13.9. The molecule has 0 radical (unpaired) electrons. The van der Waals surface area contributed by atoms with Gasteiger partial charge in [0.25, 0.3) is 0 Å². The van der Waals surface area contributed by atoms with E-state index in [-0.39, 0.29) is 33.0 Å². The summed E-state index contributed by atoms with van der Waals surface area (Å²) in [6, 6.07) is 2.29. The summed E-state index contributed by atoms with van der Waals surface area (Å²) < 4.78 is 0. The zero-order valence-electron chi connectivity index (χ0n) is 22.7. The maximum atomic E-state index is 12.9. The minimum Gasteiger partial charge on any atom is -0.478 e. The fourth-order valence-corrected chi connectivity index (χ4v) is 5.34. The van der Waals surface area contributed by atoms with E-state index in [4.69, 9.17) is 11.5 Å². The van der Waals surface area contributed by atoms with Crippen LogP contribution in [0.5, 0.6) is 0 Å². The van der Waals surface area contributed by atoms with Crippen molar-refractivity contribution in [3.63, 3.8) is 0 Å². The van der Waals surface area contributed by atoms with Gasteiger partial charge in [-0.25, -0.2) is 9.59 Å². The molecule has 0 aliphatic heterocycles. The zero-order chi connectivity index (χ0) is 28.2. The van der Waals surface area contributed by atoms with Crippen LogP contribution in [-0.4, -0.2) is 34.0 Å². The molecular formula is C30H42N2O6. The number of primary amides is 2. The lowest BCUT2D eigenvalue weighted by Crippen LogP contribution is -2.24. The van der Waals surface area contributed by atoms with E-state index in [0.717, 1.165) is 89.2 Å². The Morgan fingerprint density at radius 2 is 0.895 bits per heavy atom. The Morgan fingerprint density at radius 1 is 0.579 bits per heavy atom. The summed E-state index contributed by atoms with van der Waals surface area (Å²) >= 11 is 0. The number of benzene rings is 2. The van der Waals surface area contributed by atoms with Crippen LogP contribution in [0.4, 0.5) is 0 Å². The maximum Gasteiger partial charge on any atom is 0.336 e. The first kappa shape index (κ1) is 30.8. The minimum absolute atomic E-state index is 0.0139. The molecule has 0 aliphatic rings. The lowest BCUT2D eigenvalue weighted by molar-refractivity contribution is 0.0684. The Balaban J connectivity index is 2.80. The highest BCUT2D eigenvalue weighted by Gasteiger charge is 2.30. The molecule has 208 valence electrons. The van der Waals surface area contributed by atoms with Gasteiger partial charge in [0.1, 0.15) is 0 Å². The number of carboxylic acids is 2. The first-order chi connectivity index (χ1) is 18.2. The molecule has 2 aromatic carbocycles. The van der Waals surface area contributed by atoms with Crippen LogP contribution in [0.2, 0.25) is 0 Å². The third-order valence-corrected chi connectivity index (χ3v) is 7.19. The van der Waals surface area contributed by atoms with E-state index in [9.17, 15) is 29.4 Å². The predicted octanol–water partition coefficient (Wildman–Crippen LogP) is 6.24. The van der Waals surface area contributed by atoms with Crippen molar-refractivity contribution in [2.45, 2.75) is 104 Å². The number of rotatable bonds is 18. The Labute approximate surface area is 224 Å². The van der Waals surface area contributed by atoms with Gasteiger partial charge in [0, 0.05) is 10.8 Å². The molecule has 2 rings (SSSR count). The van der Waals surface area contributed by atoms with E-state index in [0.29, 0.717) is 24.0 Å². The number of carbonyl (C=O) groups is 4. The fourth-order valence-electron chi connectivity index (χ4n) is 5.34. The smallest absolute Gasteiger partial charge is 0.336 e. The molecule has 0 spiro atoms. The Kier molecular flexibility index (Phi) is 12.2. The number of amides is 2. The number of carboxylic acid groups (broad SMARTS) is 2. The van der Waals surface area contributed by atoms with Gasteiger partial charge in [0.15, 0.2) is 0 Å². The highest BCUT2D eigenvalue weighted by atomic mass is 16.4. The Morgan fingerprint density at radius 3 is 1.18 bits per heavy atom. The van der Waals surface area contributed by atoms with E-state index in [1.54, 1.807) is 0 Å². The second-order valence-electron chi connectivity index (χ2n) is 9.99. The van der Waals surface area contributed by atoms with Crippen molar-refractivity contribution >= 4 is 34.5 Å². The van der Waals surface area contributed by atoms with Crippen molar-refractivity contribution in [2.75, 3.05) is 0 Å². The number of carbonyl (C=O) groups excluding carboxylic acids is 2. The van der Waals surface area contributed by atoms with Gasteiger partial charge in [0.05, 0.1) is 22.3 Å². The number of nitrogens with two attached hydrogens (primary N) is 2. The second-order valence-corrected chi connectivity index (χ2v) is 9.99. The predicted molar refractivity (Wildman–Crippen MR) is 149 cm³/mol. The molecule has 0 aromatic heterocycles. The van der Waals surface area contributed by atoms with E-state index in [1.165, 1.54) is 0 Å². The number of hydrogen-bond acceptors (Lipinski definition) is 4. The molecule has 0 aliphatic carbocycles. The number of aromatic carboxylic acids is 2. The SMILES string of the molecule is CCCCCCCCc1c(CCCCCCCC)c(C(N)=O)c2c(C(=O)O)ccc(C(=O)O)c2c1C(N)=O. The van der Waals surface area contributed by atoms with Crippen LogP contribution in [0.3, 0.4) is 0 Å². The molecule has 0 heterocycles. The van der Waals surface area contributed by atoms with Gasteiger partial charge in [-0.15, -0.1) is 0 Å². The average Bonchev–Trinajstić information content (AvgIpc) is 2.86. The van der Waals surface area contributed by atoms with Crippen LogP contribution < -0.4 is 11.5 Å². The second kappa shape index (κ2) is 15.1. The summed E-state index contributed by atoms with van der Waals surface area (Å²) in [6.45, 7) is 4.28. The fraction of sp³-hybridized carbons (Fsp3) is 0.533. The molecule has 38 heavy (non-hydrogen) atoms. The lowest BCUT2D eigenvalue weighted by Gasteiger charge is -2.22. The lowest BCUT2D eigenvalue weighted by atomic mass is 9.81. The van der Waals surface area contributed by atoms with Crippen LogP contribution in [0.1, 0.15) is 143 Å². The topological polar surface area (TPSA) is 161 Å². The van der Waals surface area contributed by atoms with Crippen LogP contribution in [0.15, 0.2) is 12.1 Å². The van der Waals surface area contributed by atoms with Crippen LogP contribution >= 0.6 is 0 Å². The van der Waals surface area contributed by atoms with Crippen molar-refractivity contribution in [3.05, 3.63) is 45.5 Å². The molecule has 0 fully saturated rings. The van der Waals surface area contributed by atoms with Crippen molar-refractivity contribution in [3.8, 4) is 0 Å². The molecule has 2 amide bonds. The molecule has 0 bridgehead atoms. The average molecular weight is 527 g/mol. The highest BCUT2D eigenvalue weighted by molar-refractivity contribution is 6.24. The number of unbranched alkanes of at least 4 members (excludes halogenated alkanes) is 10. The monoisotopic (exact) mass is 526 g/mol. The minimum atomic E-state index is -1.35. The van der Waals surface area contributed by atoms with Crippen molar-refractivity contribution in [1.29, 1.82) is 0 Å². The van der Waals surface area contributed by atoms with Gasteiger partial charge in [0.2, 0.25) is 11.8 Å². The van der Waals surface area contributed by atoms with E-state index < -0.39 is 23.8 Å². The molecule has 0 atom stereocenters. The third kappa shape index (κ3) is 7.55. The quantitative estimate of drug-likeness (QED) is 0.168. The van der Waals surface area contributed by atoms with Gasteiger partial charge < -0.3 is 21.7 Å². The van der Waals surface area contributed by atoms with Gasteiger partial charge >= 0.3 is 11.9 Å². The zero-order valence-corrected chi connectivity index (χ0v) is 22.7. The Bertz CT molecular complexity index is 1080. The van der Waals surface area contributed by atoms with Gasteiger partial charge in [-0.3, -0.25) is 9.59 Å². The summed E-state index contributed by atoms with van der Waals surface area (Å²) in [6.07, 6.45) is 12.8. The number of fused-ring (bicyclic) bond motifs is 1. The standard InChI is InChI=1S/C30H42N2O6/c1-3-5-7-9-11-13-15-19-20(16-14-12-10-8-6-4-2)26(28(32)34)24-22(30(37)38)18-17-21(29(35)36)23(24)25(19)27(31)33/h17-18H,3-16H2,1-2H3,(H2,31,33)(H2,32,34)(H,35,36)(H,37,38). The molecule has 6 N–H and O–H groups in total. The van der Waals surface area contributed by atoms with Crippen molar-refractivity contribution in [2.24, 2.45) is 11.5 Å². The normalized spacial score (nSPS) is 11.1. The first-order valence-corrected chi connectivity index (χ1v) is 13.9. The van der Waals surface area contributed by atoms with Gasteiger partial charge in [-0.05, 0) is 48.9 Å². The maximum absolute atomic E-state index is 12.9. The van der Waals surface area contributed by atoms with Crippen molar-refractivity contribution < 1.29 is 29.4 Å². The van der Waals surface area contributed by atoms with Crippen LogP contribution in [-0.2, 0) is 12.8 Å². The van der Waals surface area contributed by atoms with E-state index >= 15 is 0 Å². The van der Waals surface area contributed by atoms with Crippen LogP contribution in [0.25, 0.3) is 10.8 Å². The van der Waals surface area contributed by atoms with E-state index in [2.05, 4.69) is 13.8 Å². The van der Waals surface area contributed by atoms with E-state index in [1.807, 2.05) is 0 Å². The molecule has 8 nitrogen and oxygen atoms in total.